The van der Waals surface area contributed by atoms with Gasteiger partial charge in [-0.1, -0.05) is 60.7 Å². The van der Waals surface area contributed by atoms with Gasteiger partial charge in [-0.25, -0.2) is 0 Å². The standard InChI is InChI=1S/C25H32N2O4S/c1-24(21(28)29,19-11-5-3-6-12-19)15-9-17-26-23(32)27-18-10-16-25(2,22(30)31)20-13-7-4-8-14-20/h3-8,11-14H,9-10,15-18H2,1-2H3,(H,28,29)(H,30,31)(H2,26,27,32). The lowest BCUT2D eigenvalue weighted by atomic mass is 9.78. The molecule has 4 N–H and O–H groups in total. The number of hydrogen-bond acceptors (Lipinski definition) is 3. The minimum Gasteiger partial charge on any atom is -0.481 e. The van der Waals surface area contributed by atoms with Gasteiger partial charge >= 0.3 is 11.9 Å². The Morgan fingerprint density at radius 1 is 0.750 bits per heavy atom. The summed E-state index contributed by atoms with van der Waals surface area (Å²) in [5.74, 6) is -1.69. The normalized spacial score (nSPS) is 14.6. The van der Waals surface area contributed by atoms with Crippen molar-refractivity contribution < 1.29 is 19.8 Å². The molecule has 32 heavy (non-hydrogen) atoms. The third kappa shape index (κ3) is 6.53. The van der Waals surface area contributed by atoms with Gasteiger partial charge in [-0.05, 0) is 62.9 Å². The highest BCUT2D eigenvalue weighted by atomic mass is 32.1. The maximum Gasteiger partial charge on any atom is 0.313 e. The highest BCUT2D eigenvalue weighted by molar-refractivity contribution is 7.80. The van der Waals surface area contributed by atoms with Gasteiger partial charge in [0.2, 0.25) is 0 Å². The van der Waals surface area contributed by atoms with Crippen LogP contribution in [0.5, 0.6) is 0 Å². The summed E-state index contributed by atoms with van der Waals surface area (Å²) in [5, 5.41) is 26.2. The minimum atomic E-state index is -0.948. The van der Waals surface area contributed by atoms with Crippen LogP contribution in [0.2, 0.25) is 0 Å². The molecule has 7 heteroatoms. The molecule has 6 nitrogen and oxygen atoms in total. The van der Waals surface area contributed by atoms with Crippen molar-refractivity contribution in [3.63, 3.8) is 0 Å². The van der Waals surface area contributed by atoms with E-state index >= 15 is 0 Å². The van der Waals surface area contributed by atoms with Gasteiger partial charge in [0.25, 0.3) is 0 Å². The van der Waals surface area contributed by atoms with Gasteiger partial charge < -0.3 is 20.8 Å². The first-order chi connectivity index (χ1) is 15.2. The second kappa shape index (κ2) is 11.6. The smallest absolute Gasteiger partial charge is 0.313 e. The first kappa shape index (κ1) is 25.3. The highest BCUT2D eigenvalue weighted by Gasteiger charge is 2.35. The van der Waals surface area contributed by atoms with Crippen molar-refractivity contribution in [2.24, 2.45) is 0 Å². The maximum absolute atomic E-state index is 11.9. The van der Waals surface area contributed by atoms with Crippen LogP contribution in [0, 0.1) is 0 Å². The maximum atomic E-state index is 11.9. The molecule has 0 bridgehead atoms. The Morgan fingerprint density at radius 3 is 1.41 bits per heavy atom. The van der Waals surface area contributed by atoms with E-state index in [1.165, 1.54) is 0 Å². The largest absolute Gasteiger partial charge is 0.481 e. The van der Waals surface area contributed by atoms with Gasteiger partial charge in [-0.3, -0.25) is 9.59 Å². The van der Waals surface area contributed by atoms with Gasteiger partial charge in [-0.2, -0.15) is 0 Å². The van der Waals surface area contributed by atoms with E-state index in [0.29, 0.717) is 43.9 Å². The van der Waals surface area contributed by atoms with Crippen LogP contribution < -0.4 is 10.6 Å². The number of aliphatic carboxylic acids is 2. The van der Waals surface area contributed by atoms with E-state index in [0.717, 1.165) is 11.1 Å². The number of carboxylic acid groups (broad SMARTS) is 2. The first-order valence-electron chi connectivity index (χ1n) is 10.8. The second-order valence-corrected chi connectivity index (χ2v) is 8.80. The molecule has 0 amide bonds. The fraction of sp³-hybridized carbons (Fsp3) is 0.400. The van der Waals surface area contributed by atoms with Crippen molar-refractivity contribution in [2.45, 2.75) is 50.4 Å². The van der Waals surface area contributed by atoms with Crippen LogP contribution in [0.3, 0.4) is 0 Å². The summed E-state index contributed by atoms with van der Waals surface area (Å²) in [5.41, 5.74) is -0.325. The third-order valence-electron chi connectivity index (χ3n) is 6.04. The lowest BCUT2D eigenvalue weighted by Crippen LogP contribution is -2.39. The Morgan fingerprint density at radius 2 is 1.09 bits per heavy atom. The van der Waals surface area contributed by atoms with Gasteiger partial charge in [0.15, 0.2) is 5.11 Å². The predicted octanol–water partition coefficient (Wildman–Crippen LogP) is 4.10. The quantitative estimate of drug-likeness (QED) is 0.282. The van der Waals surface area contributed by atoms with Gasteiger partial charge in [0.05, 0.1) is 10.8 Å². The highest BCUT2D eigenvalue weighted by Crippen LogP contribution is 2.30. The Labute approximate surface area is 195 Å². The van der Waals surface area contributed by atoms with E-state index in [2.05, 4.69) is 10.6 Å². The summed E-state index contributed by atoms with van der Waals surface area (Å²) in [7, 11) is 0. The van der Waals surface area contributed by atoms with E-state index in [4.69, 9.17) is 12.2 Å². The predicted molar refractivity (Wildman–Crippen MR) is 130 cm³/mol. The van der Waals surface area contributed by atoms with Crippen molar-refractivity contribution in [1.29, 1.82) is 0 Å². The molecule has 2 atom stereocenters. The topological polar surface area (TPSA) is 98.7 Å². The molecule has 172 valence electrons. The Bertz CT molecular complexity index is 833. The molecule has 0 spiro atoms. The molecular weight excluding hydrogens is 424 g/mol. The lowest BCUT2D eigenvalue weighted by molar-refractivity contribution is -0.144. The molecular formula is C25H32N2O4S. The molecule has 2 aromatic rings. The van der Waals surface area contributed by atoms with Crippen molar-refractivity contribution >= 4 is 29.3 Å². The molecule has 0 saturated carbocycles. The fourth-order valence-corrected chi connectivity index (χ4v) is 3.92. The fourth-order valence-electron chi connectivity index (χ4n) is 3.71. The molecule has 0 aliphatic carbocycles. The average molecular weight is 457 g/mol. The molecule has 0 aliphatic heterocycles. The zero-order chi connectivity index (χ0) is 23.6. The van der Waals surface area contributed by atoms with Crippen molar-refractivity contribution in [3.8, 4) is 0 Å². The van der Waals surface area contributed by atoms with Crippen molar-refractivity contribution in [3.05, 3.63) is 71.8 Å². The van der Waals surface area contributed by atoms with Crippen molar-refractivity contribution in [2.75, 3.05) is 13.1 Å². The lowest BCUT2D eigenvalue weighted by Gasteiger charge is -2.26. The van der Waals surface area contributed by atoms with Crippen LogP contribution in [0.1, 0.15) is 50.7 Å². The van der Waals surface area contributed by atoms with E-state index < -0.39 is 22.8 Å². The van der Waals surface area contributed by atoms with E-state index in [1.54, 1.807) is 13.8 Å². The summed E-state index contributed by atoms with van der Waals surface area (Å²) in [4.78, 5) is 23.7. The number of carbonyl (C=O) groups is 2. The summed E-state index contributed by atoms with van der Waals surface area (Å²) < 4.78 is 0. The summed E-state index contributed by atoms with van der Waals surface area (Å²) in [6.45, 7) is 4.59. The SMILES string of the molecule is CC(CCCNC(=S)NCCCC(C)(C(=O)O)c1ccccc1)(C(=O)O)c1ccccc1. The zero-order valence-corrected chi connectivity index (χ0v) is 19.5. The molecule has 2 rings (SSSR count). The molecule has 0 aliphatic rings. The number of thiocarbonyl (C=S) groups is 1. The van der Waals surface area contributed by atoms with Crippen LogP contribution >= 0.6 is 12.2 Å². The van der Waals surface area contributed by atoms with Gasteiger partial charge in [-0.15, -0.1) is 0 Å². The number of nitrogens with one attached hydrogen (secondary N) is 2. The molecule has 2 unspecified atom stereocenters. The summed E-state index contributed by atoms with van der Waals surface area (Å²) in [6.07, 6.45) is 2.25. The number of carboxylic acids is 2. The van der Waals surface area contributed by atoms with Crippen molar-refractivity contribution in [1.82, 2.24) is 10.6 Å². The number of hydrogen-bond donors (Lipinski definition) is 4. The van der Waals surface area contributed by atoms with E-state index in [1.807, 2.05) is 60.7 Å². The number of benzene rings is 2. The Balaban J connectivity index is 1.74. The van der Waals surface area contributed by atoms with Crippen LogP contribution in [-0.4, -0.2) is 40.4 Å². The first-order valence-corrected chi connectivity index (χ1v) is 11.2. The Kier molecular flexibility index (Phi) is 9.20. The van der Waals surface area contributed by atoms with E-state index in [-0.39, 0.29) is 0 Å². The molecule has 0 heterocycles. The monoisotopic (exact) mass is 456 g/mol. The zero-order valence-electron chi connectivity index (χ0n) is 18.6. The minimum absolute atomic E-state index is 0.482. The van der Waals surface area contributed by atoms with Crippen LogP contribution in [0.25, 0.3) is 0 Å². The summed E-state index contributed by atoms with van der Waals surface area (Å²) >= 11 is 5.30. The molecule has 0 fully saturated rings. The average Bonchev–Trinajstić information content (AvgIpc) is 2.80. The molecule has 0 saturated heterocycles. The van der Waals surface area contributed by atoms with Crippen LogP contribution in [-0.2, 0) is 20.4 Å². The second-order valence-electron chi connectivity index (χ2n) is 8.40. The summed E-state index contributed by atoms with van der Waals surface area (Å²) in [6, 6.07) is 18.5. The molecule has 2 aromatic carbocycles. The van der Waals surface area contributed by atoms with Crippen LogP contribution in [0.4, 0.5) is 0 Å². The number of rotatable bonds is 12. The van der Waals surface area contributed by atoms with E-state index in [9.17, 15) is 19.8 Å². The molecule has 0 aromatic heterocycles. The third-order valence-corrected chi connectivity index (χ3v) is 6.33. The Hall–Kier alpha value is -2.93. The molecule has 0 radical (unpaired) electrons. The van der Waals surface area contributed by atoms with Crippen LogP contribution in [0.15, 0.2) is 60.7 Å². The van der Waals surface area contributed by atoms with Gasteiger partial charge in [0.1, 0.15) is 0 Å². The van der Waals surface area contributed by atoms with Gasteiger partial charge in [0, 0.05) is 13.1 Å².